The van der Waals surface area contributed by atoms with Crippen molar-refractivity contribution in [1.29, 1.82) is 0 Å². The van der Waals surface area contributed by atoms with E-state index in [0.717, 1.165) is 0 Å². The first-order valence-electron chi connectivity index (χ1n) is 9.91. The molecule has 3 aromatic carbocycles. The summed E-state index contributed by atoms with van der Waals surface area (Å²) in [5.41, 5.74) is 3.95. The fraction of sp³-hybridized carbons (Fsp3) is 0.125. The largest absolute Gasteiger partial charge is 0.490 e. The molecule has 32 heavy (non-hydrogen) atoms. The molecule has 0 unspecified atom stereocenters. The third-order valence-electron chi connectivity index (χ3n) is 4.49. The lowest BCUT2D eigenvalue weighted by Crippen LogP contribution is -2.17. The minimum absolute atomic E-state index is 0.136. The topological polar surface area (TPSA) is 95.5 Å². The molecule has 1 N–H and O–H groups in total. The van der Waals surface area contributed by atoms with E-state index in [1.165, 1.54) is 6.21 Å². The van der Waals surface area contributed by atoms with Crippen LogP contribution in [0.1, 0.15) is 33.2 Å². The van der Waals surface area contributed by atoms with Gasteiger partial charge in [0.1, 0.15) is 0 Å². The van der Waals surface area contributed by atoms with Crippen LogP contribution in [-0.4, -0.2) is 31.5 Å². The van der Waals surface area contributed by atoms with Gasteiger partial charge >= 0.3 is 5.97 Å². The van der Waals surface area contributed by atoms with Crippen molar-refractivity contribution >= 4 is 18.1 Å². The fourth-order valence-electron chi connectivity index (χ4n) is 2.96. The molecule has 4 rings (SSSR count). The Labute approximate surface area is 184 Å². The summed E-state index contributed by atoms with van der Waals surface area (Å²) in [6, 6.07) is 18.6. The molecule has 1 aliphatic rings. The van der Waals surface area contributed by atoms with Gasteiger partial charge in [-0.1, -0.05) is 18.2 Å². The van der Waals surface area contributed by atoms with Crippen LogP contribution in [0.2, 0.25) is 0 Å². The van der Waals surface area contributed by atoms with Crippen LogP contribution in [0.5, 0.6) is 23.0 Å². The zero-order valence-corrected chi connectivity index (χ0v) is 17.2. The van der Waals surface area contributed by atoms with Gasteiger partial charge in [0, 0.05) is 5.56 Å². The summed E-state index contributed by atoms with van der Waals surface area (Å²) in [5.74, 6) is 0.928. The molecule has 0 radical (unpaired) electrons. The second-order valence-electron chi connectivity index (χ2n) is 6.66. The van der Waals surface area contributed by atoms with Gasteiger partial charge in [-0.25, -0.2) is 10.2 Å². The van der Waals surface area contributed by atoms with Gasteiger partial charge in [0.05, 0.1) is 18.4 Å². The molecule has 0 atom stereocenters. The van der Waals surface area contributed by atoms with Crippen molar-refractivity contribution in [1.82, 2.24) is 5.43 Å². The first-order chi connectivity index (χ1) is 15.6. The van der Waals surface area contributed by atoms with E-state index in [9.17, 15) is 9.59 Å². The maximum absolute atomic E-state index is 12.3. The SMILES string of the molecule is CCOc1cc(/C=N\NC(=O)c2ccc3c(c2)OCO3)ccc1OC(=O)c1ccccc1. The van der Waals surface area contributed by atoms with Gasteiger partial charge in [0.15, 0.2) is 23.0 Å². The number of hydrazone groups is 1. The minimum Gasteiger partial charge on any atom is -0.490 e. The molecule has 0 saturated heterocycles. The first-order valence-corrected chi connectivity index (χ1v) is 9.91. The number of nitrogens with one attached hydrogen (secondary N) is 1. The molecule has 0 fully saturated rings. The number of hydrogen-bond donors (Lipinski definition) is 1. The standard InChI is InChI=1S/C24H20N2O6/c1-2-29-21-12-16(8-10-20(21)32-24(28)17-6-4-3-5-7-17)14-25-26-23(27)18-9-11-19-22(13-18)31-15-30-19/h3-14H,2,15H2,1H3,(H,26,27)/b25-14-. The summed E-state index contributed by atoms with van der Waals surface area (Å²) in [6.07, 6.45) is 1.47. The van der Waals surface area contributed by atoms with Crippen LogP contribution < -0.4 is 24.4 Å². The Balaban J connectivity index is 1.43. The summed E-state index contributed by atoms with van der Waals surface area (Å²) < 4.78 is 21.6. The van der Waals surface area contributed by atoms with Crippen LogP contribution in [-0.2, 0) is 0 Å². The van der Waals surface area contributed by atoms with Gasteiger partial charge in [-0.2, -0.15) is 5.10 Å². The van der Waals surface area contributed by atoms with E-state index in [-0.39, 0.29) is 6.79 Å². The highest BCUT2D eigenvalue weighted by Gasteiger charge is 2.16. The number of rotatable bonds is 7. The molecule has 3 aromatic rings. The summed E-state index contributed by atoms with van der Waals surface area (Å²) in [6.45, 7) is 2.35. The Kier molecular flexibility index (Phi) is 6.31. The van der Waals surface area contributed by atoms with Crippen molar-refractivity contribution in [3.8, 4) is 23.0 Å². The number of benzene rings is 3. The van der Waals surface area contributed by atoms with Gasteiger partial charge in [0.25, 0.3) is 5.91 Å². The van der Waals surface area contributed by atoms with Crippen LogP contribution in [0.25, 0.3) is 0 Å². The van der Waals surface area contributed by atoms with Gasteiger partial charge in [-0.3, -0.25) is 4.79 Å². The van der Waals surface area contributed by atoms with E-state index < -0.39 is 11.9 Å². The number of carbonyl (C=O) groups is 2. The Morgan fingerprint density at radius 3 is 2.59 bits per heavy atom. The molecular weight excluding hydrogens is 412 g/mol. The molecule has 0 aliphatic carbocycles. The van der Waals surface area contributed by atoms with Crippen LogP contribution in [0, 0.1) is 0 Å². The molecule has 8 nitrogen and oxygen atoms in total. The van der Waals surface area contributed by atoms with Crippen molar-refractivity contribution in [2.24, 2.45) is 5.10 Å². The molecule has 0 spiro atoms. The highest BCUT2D eigenvalue weighted by Crippen LogP contribution is 2.32. The van der Waals surface area contributed by atoms with Crippen LogP contribution in [0.3, 0.4) is 0 Å². The fourth-order valence-corrected chi connectivity index (χ4v) is 2.96. The van der Waals surface area contributed by atoms with E-state index in [0.29, 0.717) is 46.3 Å². The normalized spacial score (nSPS) is 11.9. The van der Waals surface area contributed by atoms with Gasteiger partial charge in [-0.15, -0.1) is 0 Å². The number of ether oxygens (including phenoxy) is 4. The molecule has 162 valence electrons. The van der Waals surface area contributed by atoms with Crippen LogP contribution in [0.15, 0.2) is 71.8 Å². The van der Waals surface area contributed by atoms with Crippen LogP contribution >= 0.6 is 0 Å². The number of hydrogen-bond acceptors (Lipinski definition) is 7. The Morgan fingerprint density at radius 1 is 0.969 bits per heavy atom. The molecule has 0 aromatic heterocycles. The summed E-state index contributed by atoms with van der Waals surface area (Å²) in [5, 5.41) is 3.99. The Morgan fingerprint density at radius 2 is 1.78 bits per heavy atom. The van der Waals surface area contributed by atoms with Gasteiger partial charge in [-0.05, 0) is 61.0 Å². The average molecular weight is 432 g/mol. The highest BCUT2D eigenvalue weighted by molar-refractivity contribution is 5.95. The monoisotopic (exact) mass is 432 g/mol. The van der Waals surface area contributed by atoms with Crippen molar-refractivity contribution in [3.05, 3.63) is 83.4 Å². The van der Waals surface area contributed by atoms with Gasteiger partial charge < -0.3 is 18.9 Å². The average Bonchev–Trinajstić information content (AvgIpc) is 3.29. The number of fused-ring (bicyclic) bond motifs is 1. The van der Waals surface area contributed by atoms with Crippen LogP contribution in [0.4, 0.5) is 0 Å². The summed E-state index contributed by atoms with van der Waals surface area (Å²) >= 11 is 0. The van der Waals surface area contributed by atoms with Crippen molar-refractivity contribution < 1.29 is 28.5 Å². The van der Waals surface area contributed by atoms with Gasteiger partial charge in [0.2, 0.25) is 6.79 Å². The predicted octanol–water partition coefficient (Wildman–Crippen LogP) is 3.80. The molecule has 1 amide bonds. The Hall–Kier alpha value is -4.33. The highest BCUT2D eigenvalue weighted by atomic mass is 16.7. The van der Waals surface area contributed by atoms with Crippen molar-refractivity contribution in [2.75, 3.05) is 13.4 Å². The lowest BCUT2D eigenvalue weighted by Gasteiger charge is -2.11. The predicted molar refractivity (Wildman–Crippen MR) is 117 cm³/mol. The summed E-state index contributed by atoms with van der Waals surface area (Å²) in [7, 11) is 0. The van der Waals surface area contributed by atoms with Crippen molar-refractivity contribution in [2.45, 2.75) is 6.92 Å². The number of nitrogens with zero attached hydrogens (tertiary/aromatic N) is 1. The van der Waals surface area contributed by atoms with E-state index in [4.69, 9.17) is 18.9 Å². The molecule has 8 heteroatoms. The summed E-state index contributed by atoms with van der Waals surface area (Å²) in [4.78, 5) is 24.7. The first kappa shape index (κ1) is 20.9. The second kappa shape index (κ2) is 9.65. The molecule has 0 bridgehead atoms. The molecular formula is C24H20N2O6. The van der Waals surface area contributed by atoms with E-state index >= 15 is 0 Å². The molecule has 0 saturated carbocycles. The van der Waals surface area contributed by atoms with E-state index in [1.54, 1.807) is 60.7 Å². The third-order valence-corrected chi connectivity index (χ3v) is 4.49. The third kappa shape index (κ3) is 4.86. The quantitative estimate of drug-likeness (QED) is 0.264. The zero-order chi connectivity index (χ0) is 22.3. The van der Waals surface area contributed by atoms with E-state index in [1.807, 2.05) is 13.0 Å². The minimum atomic E-state index is -0.482. The van der Waals surface area contributed by atoms with E-state index in [2.05, 4.69) is 10.5 Å². The second-order valence-corrected chi connectivity index (χ2v) is 6.66. The lowest BCUT2D eigenvalue weighted by molar-refractivity contribution is 0.0728. The van der Waals surface area contributed by atoms with Crippen molar-refractivity contribution in [3.63, 3.8) is 0 Å². The number of esters is 1. The molecule has 1 heterocycles. The molecule has 1 aliphatic heterocycles. The number of amides is 1. The maximum atomic E-state index is 12.3. The number of carbonyl (C=O) groups excluding carboxylic acids is 2. The maximum Gasteiger partial charge on any atom is 0.343 e. The Bertz CT molecular complexity index is 1160. The smallest absolute Gasteiger partial charge is 0.343 e. The lowest BCUT2D eigenvalue weighted by atomic mass is 10.2. The zero-order valence-electron chi connectivity index (χ0n) is 17.2.